The van der Waals surface area contributed by atoms with Crippen LogP contribution in [0, 0.1) is 17.8 Å². The topological polar surface area (TPSA) is 98.5 Å². The fourth-order valence-corrected chi connectivity index (χ4v) is 4.29. The molecule has 4 atom stereocenters. The average molecular weight is 344 g/mol. The lowest BCUT2D eigenvalue weighted by Crippen LogP contribution is -2.42. The van der Waals surface area contributed by atoms with Crippen LogP contribution in [0.4, 0.5) is 0 Å². The van der Waals surface area contributed by atoms with Gasteiger partial charge in [0.25, 0.3) is 5.91 Å². The Labute approximate surface area is 147 Å². The molecule has 2 aliphatic rings. The number of carbonyl (C=O) groups is 3. The van der Waals surface area contributed by atoms with E-state index < -0.39 is 11.9 Å². The van der Waals surface area contributed by atoms with Gasteiger partial charge in [-0.2, -0.15) is 0 Å². The molecule has 0 aromatic heterocycles. The van der Waals surface area contributed by atoms with Crippen molar-refractivity contribution in [2.75, 3.05) is 6.61 Å². The van der Waals surface area contributed by atoms with Crippen LogP contribution < -0.4 is 11.1 Å². The summed E-state index contributed by atoms with van der Waals surface area (Å²) < 4.78 is 5.05. The molecule has 2 amide bonds. The van der Waals surface area contributed by atoms with Crippen molar-refractivity contribution in [3.63, 3.8) is 0 Å². The van der Waals surface area contributed by atoms with Gasteiger partial charge in [-0.05, 0) is 68.2 Å². The minimum atomic E-state index is -0.598. The normalized spacial score (nSPS) is 25.4. The van der Waals surface area contributed by atoms with Crippen molar-refractivity contribution >= 4 is 17.8 Å². The van der Waals surface area contributed by atoms with E-state index in [0.29, 0.717) is 11.5 Å². The van der Waals surface area contributed by atoms with Crippen LogP contribution in [-0.2, 0) is 9.53 Å². The van der Waals surface area contributed by atoms with Gasteiger partial charge in [-0.25, -0.2) is 4.79 Å². The maximum Gasteiger partial charge on any atom is 0.338 e. The van der Waals surface area contributed by atoms with E-state index in [-0.39, 0.29) is 24.1 Å². The van der Waals surface area contributed by atoms with Crippen LogP contribution in [0.2, 0.25) is 0 Å². The van der Waals surface area contributed by atoms with Gasteiger partial charge < -0.3 is 15.8 Å². The Morgan fingerprint density at radius 1 is 1.16 bits per heavy atom. The molecule has 0 aliphatic heterocycles. The SMILES string of the molecule is CC(NC(=O)COC(=O)c1ccc(C(N)=O)cc1)C1CC2CCC1C2. The molecule has 3 rings (SSSR count). The Bertz CT molecular complexity index is 671. The molecule has 134 valence electrons. The van der Waals surface area contributed by atoms with E-state index in [2.05, 4.69) is 5.32 Å². The van der Waals surface area contributed by atoms with Crippen LogP contribution in [0.5, 0.6) is 0 Å². The van der Waals surface area contributed by atoms with Crippen LogP contribution in [0.1, 0.15) is 53.3 Å². The molecule has 4 unspecified atom stereocenters. The number of carbonyl (C=O) groups excluding carboxylic acids is 3. The molecule has 6 nitrogen and oxygen atoms in total. The first-order chi connectivity index (χ1) is 11.9. The summed E-state index contributed by atoms with van der Waals surface area (Å²) in [5.41, 5.74) is 5.74. The Morgan fingerprint density at radius 2 is 1.84 bits per heavy atom. The second kappa shape index (κ2) is 7.25. The molecule has 2 saturated carbocycles. The van der Waals surface area contributed by atoms with Crippen molar-refractivity contribution in [1.29, 1.82) is 0 Å². The van der Waals surface area contributed by atoms with E-state index in [0.717, 1.165) is 11.8 Å². The number of primary amides is 1. The van der Waals surface area contributed by atoms with Crippen molar-refractivity contribution in [3.8, 4) is 0 Å². The monoisotopic (exact) mass is 344 g/mol. The maximum absolute atomic E-state index is 12.0. The highest BCUT2D eigenvalue weighted by Crippen LogP contribution is 2.49. The average Bonchev–Trinajstić information content (AvgIpc) is 3.23. The van der Waals surface area contributed by atoms with Gasteiger partial charge in [0.1, 0.15) is 0 Å². The summed E-state index contributed by atoms with van der Waals surface area (Å²) in [5, 5.41) is 2.96. The summed E-state index contributed by atoms with van der Waals surface area (Å²) in [6.07, 6.45) is 5.08. The molecule has 25 heavy (non-hydrogen) atoms. The van der Waals surface area contributed by atoms with Gasteiger partial charge in [-0.3, -0.25) is 9.59 Å². The van der Waals surface area contributed by atoms with Crippen LogP contribution in [-0.4, -0.2) is 30.4 Å². The van der Waals surface area contributed by atoms with E-state index in [1.54, 1.807) is 0 Å². The van der Waals surface area contributed by atoms with Crippen molar-refractivity contribution in [2.45, 2.75) is 38.6 Å². The molecule has 0 radical (unpaired) electrons. The molecule has 0 heterocycles. The second-order valence-corrected chi connectivity index (χ2v) is 7.21. The highest BCUT2D eigenvalue weighted by atomic mass is 16.5. The third-order valence-corrected chi connectivity index (χ3v) is 5.56. The fourth-order valence-electron chi connectivity index (χ4n) is 4.29. The zero-order chi connectivity index (χ0) is 18.0. The van der Waals surface area contributed by atoms with E-state index in [4.69, 9.17) is 10.5 Å². The molecule has 2 fully saturated rings. The Morgan fingerprint density at radius 3 is 2.40 bits per heavy atom. The number of nitrogens with one attached hydrogen (secondary N) is 1. The number of esters is 1. The van der Waals surface area contributed by atoms with Crippen molar-refractivity contribution in [2.24, 2.45) is 23.5 Å². The first kappa shape index (κ1) is 17.5. The Hall–Kier alpha value is -2.37. The largest absolute Gasteiger partial charge is 0.452 e. The number of benzene rings is 1. The van der Waals surface area contributed by atoms with Gasteiger partial charge in [0, 0.05) is 11.6 Å². The zero-order valence-corrected chi connectivity index (χ0v) is 14.4. The Balaban J connectivity index is 1.45. The lowest BCUT2D eigenvalue weighted by molar-refractivity contribution is -0.125. The number of rotatable bonds is 6. The summed E-state index contributed by atoms with van der Waals surface area (Å²) in [6.45, 7) is 1.73. The van der Waals surface area contributed by atoms with E-state index in [9.17, 15) is 14.4 Å². The number of ether oxygens (including phenoxy) is 1. The zero-order valence-electron chi connectivity index (χ0n) is 14.4. The van der Waals surface area contributed by atoms with Gasteiger partial charge >= 0.3 is 5.97 Å². The molecule has 1 aromatic carbocycles. The minimum Gasteiger partial charge on any atom is -0.452 e. The number of nitrogens with two attached hydrogens (primary N) is 1. The van der Waals surface area contributed by atoms with Gasteiger partial charge in [-0.1, -0.05) is 6.42 Å². The fraction of sp³-hybridized carbons (Fsp3) is 0.526. The molecule has 6 heteroatoms. The van der Waals surface area contributed by atoms with Gasteiger partial charge in [-0.15, -0.1) is 0 Å². The molecule has 2 aliphatic carbocycles. The molecular formula is C19H24N2O4. The quantitative estimate of drug-likeness (QED) is 0.770. The first-order valence-electron chi connectivity index (χ1n) is 8.80. The van der Waals surface area contributed by atoms with Crippen molar-refractivity contribution < 1.29 is 19.1 Å². The van der Waals surface area contributed by atoms with Gasteiger partial charge in [0.15, 0.2) is 6.61 Å². The number of fused-ring (bicyclic) bond motifs is 2. The number of hydrogen-bond acceptors (Lipinski definition) is 4. The molecule has 2 bridgehead atoms. The van der Waals surface area contributed by atoms with Gasteiger partial charge in [0.05, 0.1) is 5.56 Å². The number of amides is 2. The van der Waals surface area contributed by atoms with Crippen molar-refractivity contribution in [3.05, 3.63) is 35.4 Å². The van der Waals surface area contributed by atoms with Crippen LogP contribution in [0.3, 0.4) is 0 Å². The maximum atomic E-state index is 12.0. The van der Waals surface area contributed by atoms with Crippen LogP contribution in [0.25, 0.3) is 0 Å². The predicted octanol–water partition coefficient (Wildman–Crippen LogP) is 1.88. The minimum absolute atomic E-state index is 0.108. The predicted molar refractivity (Wildman–Crippen MR) is 91.8 cm³/mol. The lowest BCUT2D eigenvalue weighted by Gasteiger charge is -2.28. The Kier molecular flexibility index (Phi) is 5.06. The molecular weight excluding hydrogens is 320 g/mol. The smallest absolute Gasteiger partial charge is 0.338 e. The standard InChI is InChI=1S/C19H24N2O4/c1-11(16-9-12-2-3-15(16)8-12)21-17(22)10-25-19(24)14-6-4-13(5-7-14)18(20)23/h4-7,11-12,15-16H,2-3,8-10H2,1H3,(H2,20,23)(H,21,22). The molecule has 0 spiro atoms. The third-order valence-electron chi connectivity index (χ3n) is 5.56. The summed E-state index contributed by atoms with van der Waals surface area (Å²) in [4.78, 5) is 35.0. The molecule has 3 N–H and O–H groups in total. The lowest BCUT2D eigenvalue weighted by atomic mass is 9.84. The second-order valence-electron chi connectivity index (χ2n) is 7.21. The third kappa shape index (κ3) is 4.00. The van der Waals surface area contributed by atoms with Gasteiger partial charge in [0.2, 0.25) is 5.91 Å². The molecule has 0 saturated heterocycles. The summed E-state index contributed by atoms with van der Waals surface area (Å²) >= 11 is 0. The number of hydrogen-bond donors (Lipinski definition) is 2. The van der Waals surface area contributed by atoms with E-state index in [1.165, 1.54) is 49.9 Å². The highest BCUT2D eigenvalue weighted by molar-refractivity contribution is 5.95. The van der Waals surface area contributed by atoms with E-state index >= 15 is 0 Å². The van der Waals surface area contributed by atoms with Crippen LogP contribution >= 0.6 is 0 Å². The first-order valence-corrected chi connectivity index (χ1v) is 8.80. The summed E-state index contributed by atoms with van der Waals surface area (Å²) in [6, 6.07) is 5.93. The summed E-state index contributed by atoms with van der Waals surface area (Å²) in [7, 11) is 0. The van der Waals surface area contributed by atoms with E-state index in [1.807, 2.05) is 6.92 Å². The van der Waals surface area contributed by atoms with Crippen LogP contribution in [0.15, 0.2) is 24.3 Å². The highest BCUT2D eigenvalue weighted by Gasteiger charge is 2.42. The summed E-state index contributed by atoms with van der Waals surface area (Å²) in [5.74, 6) is 0.659. The molecule has 1 aromatic rings. The van der Waals surface area contributed by atoms with Crippen molar-refractivity contribution in [1.82, 2.24) is 5.32 Å².